The molecule has 6 nitrogen and oxygen atoms in total. The van der Waals surface area contributed by atoms with E-state index in [0.717, 1.165) is 25.7 Å². The molecule has 2 amide bonds. The van der Waals surface area contributed by atoms with Crippen LogP contribution in [0.4, 0.5) is 4.79 Å². The molecule has 1 saturated heterocycles. The molecule has 1 saturated carbocycles. The number of carbonyl (C=O) groups is 2. The average molecular weight is 256 g/mol. The monoisotopic (exact) mass is 256 g/mol. The molecule has 6 heteroatoms. The van der Waals surface area contributed by atoms with Crippen LogP contribution in [0.1, 0.15) is 32.1 Å². The third kappa shape index (κ3) is 2.58. The van der Waals surface area contributed by atoms with E-state index < -0.39 is 11.9 Å². The Morgan fingerprint density at radius 2 is 2.00 bits per heavy atom. The molecule has 0 aromatic rings. The molecule has 3 unspecified atom stereocenters. The number of hydrogen-bond acceptors (Lipinski definition) is 3. The highest BCUT2D eigenvalue weighted by Crippen LogP contribution is 2.26. The van der Waals surface area contributed by atoms with Crippen molar-refractivity contribution in [2.75, 3.05) is 13.2 Å². The van der Waals surface area contributed by atoms with E-state index in [4.69, 9.17) is 5.11 Å². The summed E-state index contributed by atoms with van der Waals surface area (Å²) in [5.74, 6) is -1.30. The van der Waals surface area contributed by atoms with Gasteiger partial charge in [-0.1, -0.05) is 6.42 Å². The molecule has 1 aliphatic heterocycles. The summed E-state index contributed by atoms with van der Waals surface area (Å²) in [7, 11) is 0. The van der Waals surface area contributed by atoms with E-state index in [1.54, 1.807) is 4.90 Å². The van der Waals surface area contributed by atoms with Crippen molar-refractivity contribution in [3.8, 4) is 0 Å². The highest BCUT2D eigenvalue weighted by atomic mass is 16.4. The van der Waals surface area contributed by atoms with Crippen molar-refractivity contribution in [1.82, 2.24) is 10.2 Å². The van der Waals surface area contributed by atoms with Crippen LogP contribution in [0, 0.1) is 5.92 Å². The molecule has 2 fully saturated rings. The number of nitrogens with zero attached hydrogens (tertiary/aromatic N) is 1. The maximum atomic E-state index is 12.0. The minimum absolute atomic E-state index is 0.0273. The Bertz CT molecular complexity index is 334. The van der Waals surface area contributed by atoms with E-state index >= 15 is 0 Å². The Morgan fingerprint density at radius 1 is 1.22 bits per heavy atom. The predicted molar refractivity (Wildman–Crippen MR) is 64.1 cm³/mol. The van der Waals surface area contributed by atoms with Crippen molar-refractivity contribution >= 4 is 12.0 Å². The van der Waals surface area contributed by atoms with Gasteiger partial charge in [-0.25, -0.2) is 4.79 Å². The molecule has 1 heterocycles. The lowest BCUT2D eigenvalue weighted by atomic mass is 10.0. The molecule has 1 aliphatic carbocycles. The fourth-order valence-corrected chi connectivity index (χ4v) is 2.96. The first kappa shape index (κ1) is 13.1. The summed E-state index contributed by atoms with van der Waals surface area (Å²) < 4.78 is 0. The second-order valence-electron chi connectivity index (χ2n) is 5.10. The quantitative estimate of drug-likeness (QED) is 0.682. The van der Waals surface area contributed by atoms with Gasteiger partial charge in [-0.15, -0.1) is 0 Å². The normalized spacial score (nSPS) is 31.6. The lowest BCUT2D eigenvalue weighted by Gasteiger charge is -2.26. The largest absolute Gasteiger partial charge is 0.481 e. The van der Waals surface area contributed by atoms with E-state index in [2.05, 4.69) is 5.32 Å². The summed E-state index contributed by atoms with van der Waals surface area (Å²) in [6.07, 6.45) is 3.90. The number of likely N-dealkylation sites (tertiary alicyclic amines) is 1. The number of rotatable bonds is 3. The number of nitrogens with one attached hydrogen (secondary N) is 1. The molecular formula is C12H20N2O4. The first-order valence-electron chi connectivity index (χ1n) is 6.54. The fraction of sp³-hybridized carbons (Fsp3) is 0.833. The molecule has 0 spiro atoms. The number of aliphatic hydroxyl groups is 1. The van der Waals surface area contributed by atoms with Gasteiger partial charge in [0.2, 0.25) is 0 Å². The number of carbonyl (C=O) groups excluding carboxylic acids is 1. The molecule has 3 N–H and O–H groups in total. The number of hydrogen-bond donors (Lipinski definition) is 3. The summed E-state index contributed by atoms with van der Waals surface area (Å²) in [6.45, 7) is 0.613. The minimum Gasteiger partial charge on any atom is -0.481 e. The van der Waals surface area contributed by atoms with E-state index in [1.165, 1.54) is 0 Å². The van der Waals surface area contributed by atoms with Crippen molar-refractivity contribution in [3.05, 3.63) is 0 Å². The van der Waals surface area contributed by atoms with Crippen LogP contribution >= 0.6 is 0 Å². The van der Waals surface area contributed by atoms with Crippen molar-refractivity contribution in [2.24, 2.45) is 5.92 Å². The SMILES string of the molecule is O=C(O)C1CCCC1NC(=O)N1CCCC1CO. The molecule has 0 aromatic heterocycles. The summed E-state index contributed by atoms with van der Waals surface area (Å²) in [4.78, 5) is 24.7. The van der Waals surface area contributed by atoms with Crippen LogP contribution in [0.25, 0.3) is 0 Å². The summed E-state index contributed by atoms with van der Waals surface area (Å²) in [5, 5.41) is 21.0. The highest BCUT2D eigenvalue weighted by Gasteiger charge is 2.36. The van der Waals surface area contributed by atoms with Crippen LogP contribution in [-0.4, -0.2) is 52.3 Å². The molecule has 3 atom stereocenters. The zero-order valence-electron chi connectivity index (χ0n) is 10.3. The van der Waals surface area contributed by atoms with Gasteiger partial charge >= 0.3 is 12.0 Å². The number of aliphatic carboxylic acids is 1. The summed E-state index contributed by atoms with van der Waals surface area (Å²) in [6, 6.07) is -0.616. The van der Waals surface area contributed by atoms with Gasteiger partial charge in [0.05, 0.1) is 18.6 Å². The van der Waals surface area contributed by atoms with E-state index in [0.29, 0.717) is 13.0 Å². The molecule has 18 heavy (non-hydrogen) atoms. The van der Waals surface area contributed by atoms with E-state index in [9.17, 15) is 14.7 Å². The Balaban J connectivity index is 1.92. The standard InChI is InChI=1S/C12H20N2O4/c15-7-8-3-2-6-14(8)12(18)13-10-5-1-4-9(10)11(16)17/h8-10,15H,1-7H2,(H,13,18)(H,16,17). The van der Waals surface area contributed by atoms with Crippen LogP contribution in [0.3, 0.4) is 0 Å². The molecular weight excluding hydrogens is 236 g/mol. The number of carboxylic acids is 1. The van der Waals surface area contributed by atoms with Crippen LogP contribution in [0.2, 0.25) is 0 Å². The summed E-state index contributed by atoms with van der Waals surface area (Å²) >= 11 is 0. The zero-order chi connectivity index (χ0) is 13.1. The van der Waals surface area contributed by atoms with Gasteiger partial charge in [-0.2, -0.15) is 0 Å². The third-order valence-electron chi connectivity index (χ3n) is 3.99. The van der Waals surface area contributed by atoms with Gasteiger partial charge in [-0.05, 0) is 25.7 Å². The van der Waals surface area contributed by atoms with Crippen LogP contribution in [0.5, 0.6) is 0 Å². The Hall–Kier alpha value is -1.30. The van der Waals surface area contributed by atoms with Gasteiger partial charge in [-0.3, -0.25) is 4.79 Å². The van der Waals surface area contributed by atoms with Gasteiger partial charge in [0.25, 0.3) is 0 Å². The number of aliphatic hydroxyl groups excluding tert-OH is 1. The molecule has 2 rings (SSSR count). The first-order chi connectivity index (χ1) is 8.63. The van der Waals surface area contributed by atoms with Gasteiger partial charge in [0, 0.05) is 12.6 Å². The smallest absolute Gasteiger partial charge is 0.317 e. The van der Waals surface area contributed by atoms with Crippen molar-refractivity contribution in [3.63, 3.8) is 0 Å². The third-order valence-corrected chi connectivity index (χ3v) is 3.99. The second kappa shape index (κ2) is 5.56. The Morgan fingerprint density at radius 3 is 2.67 bits per heavy atom. The van der Waals surface area contributed by atoms with Crippen molar-refractivity contribution in [2.45, 2.75) is 44.2 Å². The van der Waals surface area contributed by atoms with Crippen molar-refractivity contribution < 1.29 is 19.8 Å². The lowest BCUT2D eigenvalue weighted by Crippen LogP contribution is -2.49. The van der Waals surface area contributed by atoms with E-state index in [1.807, 2.05) is 0 Å². The number of urea groups is 1. The Kier molecular flexibility index (Phi) is 4.06. The first-order valence-corrected chi connectivity index (χ1v) is 6.54. The van der Waals surface area contributed by atoms with Crippen LogP contribution in [-0.2, 0) is 4.79 Å². The average Bonchev–Trinajstić information content (AvgIpc) is 2.96. The highest BCUT2D eigenvalue weighted by molar-refractivity contribution is 5.77. The zero-order valence-corrected chi connectivity index (χ0v) is 10.3. The maximum Gasteiger partial charge on any atom is 0.317 e. The Labute approximate surface area is 106 Å². The van der Waals surface area contributed by atoms with Gasteiger partial charge in [0.15, 0.2) is 0 Å². The number of carboxylic acid groups (broad SMARTS) is 1. The van der Waals surface area contributed by atoms with Crippen LogP contribution < -0.4 is 5.32 Å². The minimum atomic E-state index is -0.835. The van der Waals surface area contributed by atoms with Gasteiger partial charge in [0.1, 0.15) is 0 Å². The lowest BCUT2D eigenvalue weighted by molar-refractivity contribution is -0.142. The van der Waals surface area contributed by atoms with Crippen molar-refractivity contribution in [1.29, 1.82) is 0 Å². The second-order valence-corrected chi connectivity index (χ2v) is 5.10. The summed E-state index contributed by atoms with van der Waals surface area (Å²) in [5.41, 5.74) is 0. The topological polar surface area (TPSA) is 89.9 Å². The molecule has 0 radical (unpaired) electrons. The predicted octanol–water partition coefficient (Wildman–Crippen LogP) is 0.406. The molecule has 102 valence electrons. The van der Waals surface area contributed by atoms with Gasteiger partial charge < -0.3 is 20.4 Å². The molecule has 0 aromatic carbocycles. The molecule has 0 bridgehead atoms. The maximum absolute atomic E-state index is 12.0. The fourth-order valence-electron chi connectivity index (χ4n) is 2.96. The van der Waals surface area contributed by atoms with E-state index in [-0.39, 0.29) is 24.7 Å². The number of amides is 2. The molecule has 2 aliphatic rings. The van der Waals surface area contributed by atoms with Crippen LogP contribution in [0.15, 0.2) is 0 Å².